The van der Waals surface area contributed by atoms with Crippen molar-refractivity contribution in [2.75, 3.05) is 5.73 Å². The van der Waals surface area contributed by atoms with E-state index in [1.807, 2.05) is 0 Å². The first-order valence-corrected chi connectivity index (χ1v) is 2.79. The number of hydrogen-bond acceptors (Lipinski definition) is 4. The van der Waals surface area contributed by atoms with Crippen LogP contribution in [0.5, 0.6) is 0 Å². The molecule has 0 aromatic carbocycles. The highest BCUT2D eigenvalue weighted by molar-refractivity contribution is 5.87. The lowest BCUT2D eigenvalue weighted by molar-refractivity contribution is -0.0793. The Bertz CT molecular complexity index is 277. The van der Waals surface area contributed by atoms with Crippen molar-refractivity contribution in [3.63, 3.8) is 0 Å². The molecule has 1 aromatic rings. The summed E-state index contributed by atoms with van der Waals surface area (Å²) in [6.07, 6.45) is 0. The number of aromatic nitrogens is 1. The quantitative estimate of drug-likeness (QED) is 0.650. The van der Waals surface area contributed by atoms with Gasteiger partial charge >= 0.3 is 5.97 Å². The zero-order chi connectivity index (χ0) is 8.27. The number of pyridine rings is 1. The summed E-state index contributed by atoms with van der Waals surface area (Å²) in [5.74, 6) is -0.995. The normalized spacial score (nSPS) is 9.18. The Labute approximate surface area is 61.7 Å². The van der Waals surface area contributed by atoms with Crippen LogP contribution >= 0.6 is 0 Å². The van der Waals surface area contributed by atoms with Gasteiger partial charge in [-0.2, -0.15) is 0 Å². The van der Waals surface area contributed by atoms with E-state index >= 15 is 0 Å². The molecule has 0 radical (unpaired) electrons. The molecule has 58 valence electrons. The van der Waals surface area contributed by atoms with Crippen molar-refractivity contribution < 1.29 is 14.3 Å². The summed E-state index contributed by atoms with van der Waals surface area (Å²) in [6.45, 7) is 0. The molecule has 0 unspecified atom stereocenters. The lowest BCUT2D eigenvalue weighted by Crippen LogP contribution is -2.03. The average molecular weight is 156 g/mol. The highest BCUT2D eigenvalue weighted by Gasteiger charge is 2.08. The van der Waals surface area contributed by atoms with E-state index in [9.17, 15) is 9.32 Å². The fourth-order valence-corrected chi connectivity index (χ4v) is 0.605. The van der Waals surface area contributed by atoms with Gasteiger partial charge in [-0.15, -0.1) is 0 Å². The van der Waals surface area contributed by atoms with Gasteiger partial charge in [-0.3, -0.25) is 0 Å². The number of nitrogens with two attached hydrogens (primary N) is 1. The highest BCUT2D eigenvalue weighted by Crippen LogP contribution is 2.01. The average Bonchev–Trinajstić information content (AvgIpc) is 2.03. The van der Waals surface area contributed by atoms with Crippen molar-refractivity contribution in [2.24, 2.45) is 0 Å². The molecule has 0 saturated carbocycles. The van der Waals surface area contributed by atoms with Crippen LogP contribution in [0.25, 0.3) is 0 Å². The zero-order valence-electron chi connectivity index (χ0n) is 5.45. The van der Waals surface area contributed by atoms with E-state index in [0.717, 1.165) is 0 Å². The molecule has 0 amide bonds. The van der Waals surface area contributed by atoms with Crippen molar-refractivity contribution in [3.8, 4) is 0 Å². The van der Waals surface area contributed by atoms with Gasteiger partial charge in [-0.25, -0.2) is 14.7 Å². The second-order valence-electron chi connectivity index (χ2n) is 1.81. The number of halogens is 1. The van der Waals surface area contributed by atoms with E-state index in [1.54, 1.807) is 0 Å². The van der Waals surface area contributed by atoms with Gasteiger partial charge in [0.2, 0.25) is 0 Å². The predicted octanol–water partition coefficient (Wildman–Crippen LogP) is 0.705. The molecule has 4 nitrogen and oxygen atoms in total. The molecule has 1 heterocycles. The number of nitrogens with zero attached hydrogens (tertiary/aromatic N) is 1. The smallest absolute Gasteiger partial charge is 0.384 e. The number of carbonyl (C=O) groups is 1. The van der Waals surface area contributed by atoms with E-state index in [-0.39, 0.29) is 11.5 Å². The van der Waals surface area contributed by atoms with Crippen LogP contribution in [0, 0.1) is 0 Å². The summed E-state index contributed by atoms with van der Waals surface area (Å²) in [6, 6.07) is 4.27. The molecule has 5 heteroatoms. The Morgan fingerprint density at radius 3 is 2.91 bits per heavy atom. The fraction of sp³-hybridized carbons (Fsp3) is 0. The minimum Gasteiger partial charge on any atom is -0.384 e. The molecule has 0 atom stereocenters. The van der Waals surface area contributed by atoms with Gasteiger partial charge < -0.3 is 5.73 Å². The Morgan fingerprint density at radius 1 is 1.64 bits per heavy atom. The molecule has 0 aliphatic heterocycles. The third-order valence-corrected chi connectivity index (χ3v) is 1.05. The molecule has 0 spiro atoms. The fourth-order valence-electron chi connectivity index (χ4n) is 0.605. The van der Waals surface area contributed by atoms with Gasteiger partial charge in [-0.05, 0) is 12.1 Å². The van der Waals surface area contributed by atoms with Crippen LogP contribution < -0.4 is 5.73 Å². The largest absolute Gasteiger partial charge is 0.397 e. The maximum Gasteiger partial charge on any atom is 0.397 e. The van der Waals surface area contributed by atoms with Crippen molar-refractivity contribution in [3.05, 3.63) is 23.9 Å². The SMILES string of the molecule is Nc1cccc(C(=O)OF)n1. The summed E-state index contributed by atoms with van der Waals surface area (Å²) >= 11 is 0. The molecule has 0 aliphatic rings. The third-order valence-electron chi connectivity index (χ3n) is 1.05. The van der Waals surface area contributed by atoms with E-state index in [4.69, 9.17) is 5.73 Å². The summed E-state index contributed by atoms with van der Waals surface area (Å²) in [5, 5.41) is 0. The zero-order valence-corrected chi connectivity index (χ0v) is 5.45. The summed E-state index contributed by atoms with van der Waals surface area (Å²) in [4.78, 5) is 16.9. The summed E-state index contributed by atoms with van der Waals surface area (Å²) in [5.41, 5.74) is 5.06. The van der Waals surface area contributed by atoms with Gasteiger partial charge in [0.1, 0.15) is 5.82 Å². The molecular weight excluding hydrogens is 151 g/mol. The van der Waals surface area contributed by atoms with E-state index < -0.39 is 5.97 Å². The molecular formula is C6H5FN2O2. The second-order valence-corrected chi connectivity index (χ2v) is 1.81. The lowest BCUT2D eigenvalue weighted by Gasteiger charge is -1.94. The predicted molar refractivity (Wildman–Crippen MR) is 35.2 cm³/mol. The Kier molecular flexibility index (Phi) is 2.00. The first-order chi connectivity index (χ1) is 5.24. The Balaban J connectivity index is 2.96. The number of anilines is 1. The number of carbonyl (C=O) groups excluding carboxylic acids is 1. The van der Waals surface area contributed by atoms with Gasteiger partial charge in [-0.1, -0.05) is 6.07 Å². The second kappa shape index (κ2) is 2.96. The topological polar surface area (TPSA) is 65.2 Å². The maximum atomic E-state index is 11.3. The molecule has 0 bridgehead atoms. The van der Waals surface area contributed by atoms with Crippen LogP contribution in [0.3, 0.4) is 0 Å². The first-order valence-electron chi connectivity index (χ1n) is 2.79. The molecule has 1 rings (SSSR count). The minimum atomic E-state index is -1.14. The third kappa shape index (κ3) is 1.64. The molecule has 0 aliphatic carbocycles. The molecule has 0 saturated heterocycles. The maximum absolute atomic E-state index is 11.3. The van der Waals surface area contributed by atoms with Crippen LogP contribution in [0.15, 0.2) is 18.2 Å². The highest BCUT2D eigenvalue weighted by atomic mass is 19.3. The van der Waals surface area contributed by atoms with Gasteiger partial charge in [0, 0.05) is 4.53 Å². The van der Waals surface area contributed by atoms with Crippen molar-refractivity contribution >= 4 is 11.8 Å². The van der Waals surface area contributed by atoms with Crippen LogP contribution in [-0.2, 0) is 4.94 Å². The van der Waals surface area contributed by atoms with Gasteiger partial charge in [0.05, 0.1) is 0 Å². The number of hydrogen-bond donors (Lipinski definition) is 1. The van der Waals surface area contributed by atoms with E-state index in [0.29, 0.717) is 0 Å². The van der Waals surface area contributed by atoms with Gasteiger partial charge in [0.15, 0.2) is 5.69 Å². The van der Waals surface area contributed by atoms with Crippen LogP contribution in [0.2, 0.25) is 0 Å². The molecule has 1 aromatic heterocycles. The summed E-state index contributed by atoms with van der Waals surface area (Å²) in [7, 11) is 0. The van der Waals surface area contributed by atoms with Crippen LogP contribution in [-0.4, -0.2) is 11.0 Å². The van der Waals surface area contributed by atoms with Crippen molar-refractivity contribution in [1.29, 1.82) is 0 Å². The Hall–Kier alpha value is -1.65. The van der Waals surface area contributed by atoms with E-state index in [1.165, 1.54) is 18.2 Å². The first kappa shape index (κ1) is 7.46. The lowest BCUT2D eigenvalue weighted by atomic mass is 10.3. The minimum absolute atomic E-state index is 0.146. The van der Waals surface area contributed by atoms with E-state index in [2.05, 4.69) is 9.93 Å². The standard InChI is InChI=1S/C6H5FN2O2/c7-11-6(10)4-2-1-3-5(8)9-4/h1-3H,(H2,8,9). The van der Waals surface area contributed by atoms with Gasteiger partial charge in [0.25, 0.3) is 0 Å². The van der Waals surface area contributed by atoms with Crippen molar-refractivity contribution in [2.45, 2.75) is 0 Å². The Morgan fingerprint density at radius 2 is 2.36 bits per heavy atom. The monoisotopic (exact) mass is 156 g/mol. The molecule has 0 fully saturated rings. The van der Waals surface area contributed by atoms with Crippen molar-refractivity contribution in [1.82, 2.24) is 4.98 Å². The summed E-state index contributed by atoms with van der Waals surface area (Å²) < 4.78 is 11.3. The number of rotatable bonds is 1. The number of nitrogen functional groups attached to an aromatic ring is 1. The van der Waals surface area contributed by atoms with Crippen LogP contribution in [0.4, 0.5) is 10.3 Å². The molecule has 11 heavy (non-hydrogen) atoms. The molecule has 2 N–H and O–H groups in total. The van der Waals surface area contributed by atoms with Crippen LogP contribution in [0.1, 0.15) is 10.5 Å².